The number of nitrogens with one attached hydrogen (secondary N) is 2. The number of piperidine rings is 1. The molecule has 1 aliphatic heterocycles. The van der Waals surface area contributed by atoms with Crippen molar-refractivity contribution in [2.75, 3.05) is 13.1 Å². The number of hydrogen-bond acceptors (Lipinski definition) is 2. The quantitative estimate of drug-likeness (QED) is 0.718. The number of unbranched alkanes of at least 4 members (excludes halogenated alkanes) is 1. The first-order valence-corrected chi connectivity index (χ1v) is 7.29. The molecule has 1 fully saturated rings. The number of rotatable bonds is 7. The molecular weight excluding hydrogens is 212 g/mol. The second kappa shape index (κ2) is 8.51. The highest BCUT2D eigenvalue weighted by atomic mass is 16.1. The zero-order chi connectivity index (χ0) is 12.5. The van der Waals surface area contributed by atoms with E-state index < -0.39 is 0 Å². The van der Waals surface area contributed by atoms with Gasteiger partial charge >= 0.3 is 0 Å². The molecule has 0 saturated carbocycles. The standard InChI is InChI=1S/C14H28N2O/c1-3-5-7-13(6-4-2)16-14(17)12-8-10-15-11-9-12/h12-13,15H,3-11H2,1-2H3,(H,16,17). The molecule has 0 spiro atoms. The minimum Gasteiger partial charge on any atom is -0.353 e. The van der Waals surface area contributed by atoms with E-state index in [1.807, 2.05) is 0 Å². The Morgan fingerprint density at radius 3 is 2.53 bits per heavy atom. The van der Waals surface area contributed by atoms with E-state index in [4.69, 9.17) is 0 Å². The molecule has 3 nitrogen and oxygen atoms in total. The van der Waals surface area contributed by atoms with E-state index in [9.17, 15) is 4.79 Å². The van der Waals surface area contributed by atoms with Crippen molar-refractivity contribution in [3.05, 3.63) is 0 Å². The molecule has 17 heavy (non-hydrogen) atoms. The SMILES string of the molecule is CCCCC(CCC)NC(=O)C1CCNCC1. The van der Waals surface area contributed by atoms with Crippen LogP contribution in [0.4, 0.5) is 0 Å². The average Bonchev–Trinajstić information content (AvgIpc) is 2.37. The molecule has 1 saturated heterocycles. The first-order chi connectivity index (χ1) is 8.27. The number of carbonyl (C=O) groups is 1. The largest absolute Gasteiger partial charge is 0.353 e. The Morgan fingerprint density at radius 1 is 1.24 bits per heavy atom. The maximum absolute atomic E-state index is 12.1. The lowest BCUT2D eigenvalue weighted by Crippen LogP contribution is -2.42. The molecule has 1 unspecified atom stereocenters. The molecule has 1 aliphatic rings. The van der Waals surface area contributed by atoms with Gasteiger partial charge in [-0.3, -0.25) is 4.79 Å². The fourth-order valence-electron chi connectivity index (χ4n) is 2.49. The molecule has 1 heterocycles. The van der Waals surface area contributed by atoms with Crippen molar-refractivity contribution in [2.24, 2.45) is 5.92 Å². The van der Waals surface area contributed by atoms with Crippen LogP contribution in [0.15, 0.2) is 0 Å². The molecule has 0 radical (unpaired) electrons. The van der Waals surface area contributed by atoms with Gasteiger partial charge in [-0.05, 0) is 38.8 Å². The molecule has 100 valence electrons. The highest BCUT2D eigenvalue weighted by Crippen LogP contribution is 2.14. The molecule has 1 amide bonds. The minimum absolute atomic E-state index is 0.247. The van der Waals surface area contributed by atoms with Crippen molar-refractivity contribution in [3.8, 4) is 0 Å². The summed E-state index contributed by atoms with van der Waals surface area (Å²) in [5.74, 6) is 0.540. The molecule has 2 N–H and O–H groups in total. The zero-order valence-corrected chi connectivity index (χ0v) is 11.4. The van der Waals surface area contributed by atoms with Gasteiger partial charge in [-0.15, -0.1) is 0 Å². The van der Waals surface area contributed by atoms with Crippen molar-refractivity contribution in [2.45, 2.75) is 64.8 Å². The van der Waals surface area contributed by atoms with Crippen LogP contribution in [-0.2, 0) is 4.79 Å². The third kappa shape index (κ3) is 5.53. The molecule has 0 bridgehead atoms. The fourth-order valence-corrected chi connectivity index (χ4v) is 2.49. The van der Waals surface area contributed by atoms with Crippen LogP contribution >= 0.6 is 0 Å². The molecule has 0 aliphatic carbocycles. The van der Waals surface area contributed by atoms with Gasteiger partial charge in [-0.1, -0.05) is 33.1 Å². The van der Waals surface area contributed by atoms with Crippen molar-refractivity contribution < 1.29 is 4.79 Å². The van der Waals surface area contributed by atoms with E-state index in [0.717, 1.165) is 45.2 Å². The van der Waals surface area contributed by atoms with Gasteiger partial charge < -0.3 is 10.6 Å². The minimum atomic E-state index is 0.247. The molecule has 0 aromatic carbocycles. The molecule has 0 aromatic heterocycles. The molecule has 1 atom stereocenters. The Hall–Kier alpha value is -0.570. The third-order valence-corrected chi connectivity index (χ3v) is 3.60. The van der Waals surface area contributed by atoms with Crippen LogP contribution in [0.3, 0.4) is 0 Å². The second-order valence-corrected chi connectivity index (χ2v) is 5.16. The average molecular weight is 240 g/mol. The zero-order valence-electron chi connectivity index (χ0n) is 11.4. The smallest absolute Gasteiger partial charge is 0.223 e. The van der Waals surface area contributed by atoms with Gasteiger partial charge in [0.1, 0.15) is 0 Å². The maximum atomic E-state index is 12.1. The van der Waals surface area contributed by atoms with Crippen molar-refractivity contribution in [3.63, 3.8) is 0 Å². The first-order valence-electron chi connectivity index (χ1n) is 7.29. The fraction of sp³-hybridized carbons (Fsp3) is 0.929. The van der Waals surface area contributed by atoms with Crippen LogP contribution in [0.1, 0.15) is 58.8 Å². The van der Waals surface area contributed by atoms with Crippen LogP contribution in [0.25, 0.3) is 0 Å². The predicted molar refractivity (Wildman–Crippen MR) is 72.0 cm³/mol. The van der Waals surface area contributed by atoms with Gasteiger partial charge in [0.25, 0.3) is 0 Å². The molecular formula is C14H28N2O. The summed E-state index contributed by atoms with van der Waals surface area (Å²) in [7, 11) is 0. The topological polar surface area (TPSA) is 41.1 Å². The summed E-state index contributed by atoms with van der Waals surface area (Å²) in [5, 5.41) is 6.56. The van der Waals surface area contributed by atoms with Gasteiger partial charge in [-0.2, -0.15) is 0 Å². The summed E-state index contributed by atoms with van der Waals surface area (Å²) in [6, 6.07) is 0.405. The first kappa shape index (κ1) is 14.5. The highest BCUT2D eigenvalue weighted by molar-refractivity contribution is 5.79. The van der Waals surface area contributed by atoms with E-state index in [1.165, 1.54) is 12.8 Å². The van der Waals surface area contributed by atoms with Crippen LogP contribution in [-0.4, -0.2) is 25.0 Å². The summed E-state index contributed by atoms with van der Waals surface area (Å²) in [4.78, 5) is 12.1. The van der Waals surface area contributed by atoms with Crippen molar-refractivity contribution in [1.82, 2.24) is 10.6 Å². The Labute approximate surface area is 106 Å². The summed E-state index contributed by atoms with van der Waals surface area (Å²) >= 11 is 0. The second-order valence-electron chi connectivity index (χ2n) is 5.16. The summed E-state index contributed by atoms with van der Waals surface area (Å²) in [6.45, 7) is 6.38. The number of hydrogen-bond donors (Lipinski definition) is 2. The van der Waals surface area contributed by atoms with Gasteiger partial charge in [0.2, 0.25) is 5.91 Å². The third-order valence-electron chi connectivity index (χ3n) is 3.60. The predicted octanol–water partition coefficient (Wildman–Crippen LogP) is 2.46. The highest BCUT2D eigenvalue weighted by Gasteiger charge is 2.22. The Morgan fingerprint density at radius 2 is 1.94 bits per heavy atom. The Kier molecular flexibility index (Phi) is 7.25. The van der Waals surface area contributed by atoms with Crippen LogP contribution in [0.2, 0.25) is 0 Å². The van der Waals surface area contributed by atoms with E-state index in [-0.39, 0.29) is 5.92 Å². The number of carbonyl (C=O) groups excluding carboxylic acids is 1. The van der Waals surface area contributed by atoms with Crippen LogP contribution in [0.5, 0.6) is 0 Å². The van der Waals surface area contributed by atoms with Gasteiger partial charge in [0.05, 0.1) is 0 Å². The van der Waals surface area contributed by atoms with Gasteiger partial charge in [-0.25, -0.2) is 0 Å². The summed E-state index contributed by atoms with van der Waals surface area (Å²) < 4.78 is 0. The summed E-state index contributed by atoms with van der Waals surface area (Å²) in [5.41, 5.74) is 0. The van der Waals surface area contributed by atoms with E-state index >= 15 is 0 Å². The molecule has 3 heteroatoms. The summed E-state index contributed by atoms with van der Waals surface area (Å²) in [6.07, 6.45) is 7.84. The van der Waals surface area contributed by atoms with Crippen molar-refractivity contribution >= 4 is 5.91 Å². The van der Waals surface area contributed by atoms with Gasteiger partial charge in [0, 0.05) is 12.0 Å². The Bertz CT molecular complexity index is 212. The lowest BCUT2D eigenvalue weighted by atomic mass is 9.96. The molecule has 0 aromatic rings. The van der Waals surface area contributed by atoms with E-state index in [0.29, 0.717) is 11.9 Å². The van der Waals surface area contributed by atoms with Crippen LogP contribution in [0, 0.1) is 5.92 Å². The Balaban J connectivity index is 2.33. The van der Waals surface area contributed by atoms with E-state index in [2.05, 4.69) is 24.5 Å². The monoisotopic (exact) mass is 240 g/mol. The van der Waals surface area contributed by atoms with Crippen LogP contribution < -0.4 is 10.6 Å². The van der Waals surface area contributed by atoms with Crippen molar-refractivity contribution in [1.29, 1.82) is 0 Å². The van der Waals surface area contributed by atoms with E-state index in [1.54, 1.807) is 0 Å². The number of amides is 1. The van der Waals surface area contributed by atoms with Gasteiger partial charge in [0.15, 0.2) is 0 Å². The molecule has 1 rings (SSSR count). The lowest BCUT2D eigenvalue weighted by molar-refractivity contribution is -0.126. The lowest BCUT2D eigenvalue weighted by Gasteiger charge is -2.25. The normalized spacial score (nSPS) is 18.9. The maximum Gasteiger partial charge on any atom is 0.223 e.